The highest BCUT2D eigenvalue weighted by atomic mass is 32.2. The standard InChI is InChI=1S/C20H25N4O3S2/c25-28-9-6-17-18(28)19(21-16-7-10-29(26,27)11-8-16)23-20(22-17)24-12-15(13-24)14-4-2-1-3-5-14/h1-5,15-16,25H,6-13H2,(H,21,22,23)/q+1. The van der Waals surface area contributed by atoms with Gasteiger partial charge in [-0.1, -0.05) is 30.3 Å². The van der Waals surface area contributed by atoms with Gasteiger partial charge in [0, 0.05) is 31.5 Å². The second-order valence-electron chi connectivity index (χ2n) is 8.05. The minimum Gasteiger partial charge on any atom is -0.363 e. The van der Waals surface area contributed by atoms with Gasteiger partial charge in [0.15, 0.2) is 22.7 Å². The number of hydrogen-bond donors (Lipinski definition) is 2. The molecule has 3 aliphatic rings. The average molecular weight is 434 g/mol. The minimum absolute atomic E-state index is 0.0661. The molecule has 2 aromatic rings. The summed E-state index contributed by atoms with van der Waals surface area (Å²) in [5.41, 5.74) is 2.26. The van der Waals surface area contributed by atoms with Crippen LogP contribution in [0.1, 0.15) is 30.0 Å². The summed E-state index contributed by atoms with van der Waals surface area (Å²) in [6.45, 7) is 1.77. The van der Waals surface area contributed by atoms with Crippen molar-refractivity contribution in [1.29, 1.82) is 0 Å². The number of aromatic nitrogens is 2. The predicted octanol–water partition coefficient (Wildman–Crippen LogP) is 2.08. The van der Waals surface area contributed by atoms with Gasteiger partial charge in [0.1, 0.15) is 15.5 Å². The molecule has 1 aromatic carbocycles. The Labute approximate surface area is 174 Å². The molecule has 9 heteroatoms. The Morgan fingerprint density at radius 3 is 2.55 bits per heavy atom. The maximum atomic E-state index is 11.7. The van der Waals surface area contributed by atoms with E-state index in [1.54, 1.807) is 0 Å². The first kappa shape index (κ1) is 19.1. The van der Waals surface area contributed by atoms with E-state index in [1.807, 2.05) is 6.07 Å². The van der Waals surface area contributed by atoms with Crippen LogP contribution < -0.4 is 10.2 Å². The average Bonchev–Trinajstić information content (AvgIpc) is 3.04. The van der Waals surface area contributed by atoms with Crippen LogP contribution in [-0.2, 0) is 27.4 Å². The zero-order valence-electron chi connectivity index (χ0n) is 16.1. The molecule has 0 amide bonds. The van der Waals surface area contributed by atoms with Gasteiger partial charge in [-0.25, -0.2) is 13.4 Å². The predicted molar refractivity (Wildman–Crippen MR) is 116 cm³/mol. The van der Waals surface area contributed by atoms with Gasteiger partial charge in [-0.05, 0) is 18.4 Å². The number of benzene rings is 1. The van der Waals surface area contributed by atoms with E-state index in [0.717, 1.165) is 30.1 Å². The Morgan fingerprint density at radius 1 is 1.10 bits per heavy atom. The van der Waals surface area contributed by atoms with Crippen molar-refractivity contribution >= 4 is 32.8 Å². The highest BCUT2D eigenvalue weighted by Gasteiger charge is 2.40. The van der Waals surface area contributed by atoms with E-state index in [9.17, 15) is 13.0 Å². The van der Waals surface area contributed by atoms with Gasteiger partial charge in [0.25, 0.3) is 4.90 Å². The van der Waals surface area contributed by atoms with E-state index in [0.29, 0.717) is 36.3 Å². The lowest BCUT2D eigenvalue weighted by Gasteiger charge is -2.39. The minimum atomic E-state index is -2.91. The second kappa shape index (κ2) is 7.45. The zero-order valence-corrected chi connectivity index (χ0v) is 17.8. The Bertz CT molecular complexity index is 996. The van der Waals surface area contributed by atoms with Crippen molar-refractivity contribution in [3.05, 3.63) is 41.6 Å². The van der Waals surface area contributed by atoms with Gasteiger partial charge < -0.3 is 10.2 Å². The lowest BCUT2D eigenvalue weighted by atomic mass is 9.92. The molecule has 0 saturated carbocycles. The smallest absolute Gasteiger partial charge is 0.253 e. The van der Waals surface area contributed by atoms with Crippen molar-refractivity contribution in [1.82, 2.24) is 9.97 Å². The van der Waals surface area contributed by atoms with Crippen molar-refractivity contribution in [2.75, 3.05) is 40.6 Å². The van der Waals surface area contributed by atoms with Crippen LogP contribution in [0.2, 0.25) is 0 Å². The van der Waals surface area contributed by atoms with Crippen LogP contribution in [0.25, 0.3) is 0 Å². The van der Waals surface area contributed by atoms with E-state index >= 15 is 0 Å². The molecule has 2 saturated heterocycles. The van der Waals surface area contributed by atoms with Crippen LogP contribution in [0.4, 0.5) is 11.8 Å². The molecule has 7 nitrogen and oxygen atoms in total. The highest BCUT2D eigenvalue weighted by Crippen LogP contribution is 2.36. The van der Waals surface area contributed by atoms with E-state index < -0.39 is 21.0 Å². The monoisotopic (exact) mass is 433 g/mol. The maximum absolute atomic E-state index is 11.7. The zero-order chi connectivity index (χ0) is 20.0. The molecule has 4 heterocycles. The van der Waals surface area contributed by atoms with Crippen molar-refractivity contribution in [2.45, 2.75) is 36.1 Å². The summed E-state index contributed by atoms with van der Waals surface area (Å²) in [6, 6.07) is 10.6. The summed E-state index contributed by atoms with van der Waals surface area (Å²) < 4.78 is 33.9. The number of aryl methyl sites for hydroxylation is 1. The fourth-order valence-electron chi connectivity index (χ4n) is 4.24. The lowest BCUT2D eigenvalue weighted by Crippen LogP contribution is -2.46. The van der Waals surface area contributed by atoms with Gasteiger partial charge in [0.05, 0.1) is 11.5 Å². The Kier molecular flexibility index (Phi) is 4.92. The molecule has 5 rings (SSSR count). The summed E-state index contributed by atoms with van der Waals surface area (Å²) in [5.74, 6) is 3.00. The van der Waals surface area contributed by atoms with E-state index in [1.165, 1.54) is 5.56 Å². The third-order valence-electron chi connectivity index (χ3n) is 6.02. The number of hydrogen-bond acceptors (Lipinski definition) is 7. The molecule has 1 aromatic heterocycles. The number of nitrogens with zero attached hydrogens (tertiary/aromatic N) is 3. The number of rotatable bonds is 4. The van der Waals surface area contributed by atoms with Gasteiger partial charge >= 0.3 is 0 Å². The van der Waals surface area contributed by atoms with Crippen LogP contribution >= 0.6 is 0 Å². The Morgan fingerprint density at radius 2 is 1.83 bits per heavy atom. The molecular formula is C20H25N4O3S2+. The molecule has 2 N–H and O–H groups in total. The van der Waals surface area contributed by atoms with E-state index in [2.05, 4.69) is 34.5 Å². The maximum Gasteiger partial charge on any atom is 0.253 e. The SMILES string of the molecule is O=S1(=O)CCC(Nc2nc(N3CC(c4ccccc4)C3)nc3c2[S+](O)CC3)CC1. The van der Waals surface area contributed by atoms with E-state index in [-0.39, 0.29) is 17.5 Å². The molecule has 29 heavy (non-hydrogen) atoms. The summed E-state index contributed by atoms with van der Waals surface area (Å²) in [6.07, 6.45) is 1.92. The van der Waals surface area contributed by atoms with Crippen LogP contribution in [0.5, 0.6) is 0 Å². The van der Waals surface area contributed by atoms with Crippen LogP contribution in [0, 0.1) is 0 Å². The quantitative estimate of drug-likeness (QED) is 0.713. The van der Waals surface area contributed by atoms with Crippen molar-refractivity contribution < 1.29 is 13.0 Å². The van der Waals surface area contributed by atoms with Gasteiger partial charge in [-0.15, -0.1) is 0 Å². The molecule has 0 radical (unpaired) electrons. The third-order valence-corrected chi connectivity index (χ3v) is 9.23. The topological polar surface area (TPSA) is 95.4 Å². The summed E-state index contributed by atoms with van der Waals surface area (Å²) in [4.78, 5) is 12.5. The molecule has 0 aliphatic carbocycles. The molecule has 1 unspecified atom stereocenters. The molecule has 0 bridgehead atoms. The molecular weight excluding hydrogens is 408 g/mol. The first-order chi connectivity index (χ1) is 14.0. The number of fused-ring (bicyclic) bond motifs is 1. The lowest BCUT2D eigenvalue weighted by molar-refractivity contribution is 0.512. The van der Waals surface area contributed by atoms with Gasteiger partial charge in [0.2, 0.25) is 5.95 Å². The fraction of sp³-hybridized carbons (Fsp3) is 0.500. The molecule has 154 valence electrons. The van der Waals surface area contributed by atoms with Gasteiger partial charge in [-0.2, -0.15) is 9.54 Å². The van der Waals surface area contributed by atoms with Crippen LogP contribution in [0.3, 0.4) is 0 Å². The van der Waals surface area contributed by atoms with Crippen molar-refractivity contribution in [3.8, 4) is 0 Å². The molecule has 1 atom stereocenters. The number of nitrogens with one attached hydrogen (secondary N) is 1. The largest absolute Gasteiger partial charge is 0.363 e. The Balaban J connectivity index is 1.35. The summed E-state index contributed by atoms with van der Waals surface area (Å²) in [7, 11) is -2.91. The van der Waals surface area contributed by atoms with Crippen LogP contribution in [0.15, 0.2) is 35.2 Å². The van der Waals surface area contributed by atoms with Crippen molar-refractivity contribution in [3.63, 3.8) is 0 Å². The normalized spacial score (nSPS) is 24.2. The number of anilines is 2. The number of sulfone groups is 1. The van der Waals surface area contributed by atoms with Gasteiger partial charge in [-0.3, -0.25) is 0 Å². The van der Waals surface area contributed by atoms with Crippen molar-refractivity contribution in [2.24, 2.45) is 0 Å². The molecule has 2 fully saturated rings. The second-order valence-corrected chi connectivity index (χ2v) is 11.9. The summed E-state index contributed by atoms with van der Waals surface area (Å²) in [5, 5.41) is 3.44. The molecule has 0 spiro atoms. The fourth-order valence-corrected chi connectivity index (χ4v) is 7.07. The van der Waals surface area contributed by atoms with E-state index in [4.69, 9.17) is 9.97 Å². The Hall–Kier alpha value is -1.84. The first-order valence-corrected chi connectivity index (χ1v) is 13.2. The third kappa shape index (κ3) is 3.83. The summed E-state index contributed by atoms with van der Waals surface area (Å²) >= 11 is -0.845. The first-order valence-electron chi connectivity index (χ1n) is 10.1. The van der Waals surface area contributed by atoms with Crippen LogP contribution in [-0.4, -0.2) is 59.3 Å². The highest BCUT2D eigenvalue weighted by molar-refractivity contribution is 7.92. The molecule has 3 aliphatic heterocycles.